The molecule has 1 heterocycles. The molecule has 3 heteroatoms. The number of nitrogens with zero attached hydrogens (tertiary/aromatic N) is 2. The lowest BCUT2D eigenvalue weighted by Gasteiger charge is -2.30. The van der Waals surface area contributed by atoms with E-state index in [2.05, 4.69) is 43.0 Å². The molecule has 0 fully saturated rings. The van der Waals surface area contributed by atoms with Gasteiger partial charge in [0.1, 0.15) is 5.82 Å². The Morgan fingerprint density at radius 1 is 1.36 bits per heavy atom. The summed E-state index contributed by atoms with van der Waals surface area (Å²) in [6.07, 6.45) is 6.23. The Balaban J connectivity index is 2.67. The van der Waals surface area contributed by atoms with Gasteiger partial charge in [0, 0.05) is 18.4 Å². The Morgan fingerprint density at radius 2 is 2.07 bits per heavy atom. The molecule has 1 rings (SSSR count). The van der Waals surface area contributed by atoms with E-state index in [9.17, 15) is 0 Å². The molecule has 0 saturated carbocycles. The molecule has 0 spiro atoms. The maximum absolute atomic E-state index is 4.21. The summed E-state index contributed by atoms with van der Waals surface area (Å²) in [5, 5.41) is 3.40. The van der Waals surface area contributed by atoms with Gasteiger partial charge in [-0.25, -0.2) is 4.98 Å². The predicted molar refractivity (Wildman–Crippen MR) is 59.2 cm³/mol. The Labute approximate surface area is 86.0 Å². The first-order valence-corrected chi connectivity index (χ1v) is 5.06. The number of aromatic nitrogens is 2. The average Bonchev–Trinajstić information content (AvgIpc) is 2.14. The number of hydrogen-bond donors (Lipinski definition) is 1. The van der Waals surface area contributed by atoms with E-state index in [1.807, 2.05) is 0 Å². The van der Waals surface area contributed by atoms with Crippen LogP contribution in [0.15, 0.2) is 18.6 Å². The molecule has 3 nitrogen and oxygen atoms in total. The van der Waals surface area contributed by atoms with Crippen LogP contribution in [0.25, 0.3) is 0 Å². The molecule has 1 aromatic heterocycles. The fraction of sp³-hybridized carbons (Fsp3) is 0.636. The van der Waals surface area contributed by atoms with Gasteiger partial charge in [-0.1, -0.05) is 27.7 Å². The van der Waals surface area contributed by atoms with Gasteiger partial charge in [0.15, 0.2) is 0 Å². The quantitative estimate of drug-likeness (QED) is 0.802. The van der Waals surface area contributed by atoms with Gasteiger partial charge in [0.2, 0.25) is 0 Å². The lowest BCUT2D eigenvalue weighted by Crippen LogP contribution is -2.33. The van der Waals surface area contributed by atoms with Crippen LogP contribution in [-0.4, -0.2) is 16.0 Å². The second kappa shape index (κ2) is 4.40. The fourth-order valence-corrected chi connectivity index (χ4v) is 1.48. The molecular weight excluding hydrogens is 174 g/mol. The summed E-state index contributed by atoms with van der Waals surface area (Å²) in [5.41, 5.74) is 0.242. The van der Waals surface area contributed by atoms with E-state index in [1.165, 1.54) is 0 Å². The summed E-state index contributed by atoms with van der Waals surface area (Å²) in [4.78, 5) is 8.24. The molecule has 1 atom stereocenters. The number of hydrogen-bond acceptors (Lipinski definition) is 3. The van der Waals surface area contributed by atoms with Crippen molar-refractivity contribution in [3.8, 4) is 0 Å². The third-order valence-electron chi connectivity index (χ3n) is 2.34. The molecule has 0 aliphatic heterocycles. The zero-order valence-corrected chi connectivity index (χ0v) is 9.41. The number of nitrogens with one attached hydrogen (secondary N) is 1. The first-order chi connectivity index (χ1) is 6.54. The predicted octanol–water partition coefficient (Wildman–Crippen LogP) is 2.71. The standard InChI is InChI=1S/C11H19N3/c1-5-9(11(2,3)4)14-10-8-12-6-7-13-10/h6-9H,5H2,1-4H3,(H,13,14). The lowest BCUT2D eigenvalue weighted by molar-refractivity contribution is 0.333. The summed E-state index contributed by atoms with van der Waals surface area (Å²) in [7, 11) is 0. The van der Waals surface area contributed by atoms with Crippen molar-refractivity contribution in [1.82, 2.24) is 9.97 Å². The van der Waals surface area contributed by atoms with Crippen LogP contribution < -0.4 is 5.32 Å². The zero-order valence-electron chi connectivity index (χ0n) is 9.41. The number of anilines is 1. The maximum atomic E-state index is 4.21. The van der Waals surface area contributed by atoms with Gasteiger partial charge in [-0.05, 0) is 11.8 Å². The Hall–Kier alpha value is -1.12. The monoisotopic (exact) mass is 193 g/mol. The van der Waals surface area contributed by atoms with Crippen LogP contribution in [0.3, 0.4) is 0 Å². The third-order valence-corrected chi connectivity index (χ3v) is 2.34. The fourth-order valence-electron chi connectivity index (χ4n) is 1.48. The van der Waals surface area contributed by atoms with Crippen molar-refractivity contribution in [3.63, 3.8) is 0 Å². The van der Waals surface area contributed by atoms with Crippen LogP contribution in [0, 0.1) is 5.41 Å². The van der Waals surface area contributed by atoms with Crippen molar-refractivity contribution in [3.05, 3.63) is 18.6 Å². The highest BCUT2D eigenvalue weighted by Gasteiger charge is 2.22. The Kier molecular flexibility index (Phi) is 3.44. The smallest absolute Gasteiger partial charge is 0.144 e. The minimum Gasteiger partial charge on any atom is -0.366 e. The molecule has 0 bridgehead atoms. The lowest BCUT2D eigenvalue weighted by atomic mass is 9.85. The van der Waals surface area contributed by atoms with Crippen molar-refractivity contribution in [2.75, 3.05) is 5.32 Å². The SMILES string of the molecule is CCC(Nc1cnccn1)C(C)(C)C. The molecule has 0 amide bonds. The van der Waals surface area contributed by atoms with Crippen molar-refractivity contribution >= 4 is 5.82 Å². The summed E-state index contributed by atoms with van der Waals surface area (Å²) >= 11 is 0. The van der Waals surface area contributed by atoms with Gasteiger partial charge >= 0.3 is 0 Å². The molecule has 0 radical (unpaired) electrons. The summed E-state index contributed by atoms with van der Waals surface area (Å²) in [5.74, 6) is 0.856. The Morgan fingerprint density at radius 3 is 2.50 bits per heavy atom. The van der Waals surface area contributed by atoms with E-state index in [4.69, 9.17) is 0 Å². The Bertz CT molecular complexity index is 264. The summed E-state index contributed by atoms with van der Waals surface area (Å²) < 4.78 is 0. The van der Waals surface area contributed by atoms with Crippen LogP contribution in [0.4, 0.5) is 5.82 Å². The zero-order chi connectivity index (χ0) is 10.6. The van der Waals surface area contributed by atoms with Gasteiger partial charge in [0.05, 0.1) is 6.20 Å². The van der Waals surface area contributed by atoms with E-state index < -0.39 is 0 Å². The number of rotatable bonds is 3. The minimum absolute atomic E-state index is 0.242. The van der Waals surface area contributed by atoms with Gasteiger partial charge in [0.25, 0.3) is 0 Å². The second-order valence-corrected chi connectivity index (χ2v) is 4.56. The van der Waals surface area contributed by atoms with Gasteiger partial charge < -0.3 is 5.32 Å². The molecule has 0 saturated heterocycles. The molecular formula is C11H19N3. The van der Waals surface area contributed by atoms with Gasteiger partial charge in [-0.2, -0.15) is 0 Å². The molecule has 1 aromatic rings. The van der Waals surface area contributed by atoms with Crippen molar-refractivity contribution in [2.45, 2.75) is 40.2 Å². The molecule has 1 N–H and O–H groups in total. The van der Waals surface area contributed by atoms with Crippen molar-refractivity contribution in [2.24, 2.45) is 5.41 Å². The molecule has 1 unspecified atom stereocenters. The van der Waals surface area contributed by atoms with Gasteiger partial charge in [-0.15, -0.1) is 0 Å². The first-order valence-electron chi connectivity index (χ1n) is 5.06. The molecule has 0 aliphatic carbocycles. The van der Waals surface area contributed by atoms with E-state index in [-0.39, 0.29) is 5.41 Å². The van der Waals surface area contributed by atoms with Crippen LogP contribution >= 0.6 is 0 Å². The molecule has 0 aromatic carbocycles. The highest BCUT2D eigenvalue weighted by molar-refractivity contribution is 5.32. The van der Waals surface area contributed by atoms with E-state index >= 15 is 0 Å². The van der Waals surface area contributed by atoms with Crippen LogP contribution in [-0.2, 0) is 0 Å². The highest BCUT2D eigenvalue weighted by Crippen LogP contribution is 2.24. The summed E-state index contributed by atoms with van der Waals surface area (Å²) in [6.45, 7) is 8.86. The maximum Gasteiger partial charge on any atom is 0.144 e. The average molecular weight is 193 g/mol. The largest absolute Gasteiger partial charge is 0.366 e. The minimum atomic E-state index is 0.242. The molecule has 78 valence electrons. The second-order valence-electron chi connectivity index (χ2n) is 4.56. The van der Waals surface area contributed by atoms with E-state index in [0.717, 1.165) is 12.2 Å². The molecule has 0 aliphatic rings. The van der Waals surface area contributed by atoms with Crippen LogP contribution in [0.1, 0.15) is 34.1 Å². The topological polar surface area (TPSA) is 37.8 Å². The van der Waals surface area contributed by atoms with Crippen LogP contribution in [0.2, 0.25) is 0 Å². The summed E-state index contributed by atoms with van der Waals surface area (Å²) in [6, 6.07) is 0.430. The molecule has 14 heavy (non-hydrogen) atoms. The van der Waals surface area contributed by atoms with E-state index in [1.54, 1.807) is 18.6 Å². The third kappa shape index (κ3) is 2.98. The van der Waals surface area contributed by atoms with Crippen molar-refractivity contribution < 1.29 is 0 Å². The first kappa shape index (κ1) is 11.0. The van der Waals surface area contributed by atoms with Crippen LogP contribution in [0.5, 0.6) is 0 Å². The van der Waals surface area contributed by atoms with E-state index in [0.29, 0.717) is 6.04 Å². The normalized spacial score (nSPS) is 13.7. The van der Waals surface area contributed by atoms with Gasteiger partial charge in [-0.3, -0.25) is 4.98 Å². The van der Waals surface area contributed by atoms with Crippen molar-refractivity contribution in [1.29, 1.82) is 0 Å². The highest BCUT2D eigenvalue weighted by atomic mass is 15.0.